The zero-order chi connectivity index (χ0) is 11.7. The minimum atomic E-state index is 0.307. The van der Waals surface area contributed by atoms with E-state index in [4.69, 9.17) is 4.74 Å². The fourth-order valence-electron chi connectivity index (χ4n) is 2.42. The molecule has 1 aliphatic rings. The minimum Gasteiger partial charge on any atom is -0.472 e. The predicted octanol–water partition coefficient (Wildman–Crippen LogP) is 2.69. The molecule has 0 radical (unpaired) electrons. The Hall–Kier alpha value is -1.58. The molecule has 0 unspecified atom stereocenters. The summed E-state index contributed by atoms with van der Waals surface area (Å²) < 4.78 is 7.92. The Morgan fingerprint density at radius 2 is 1.82 bits per heavy atom. The van der Waals surface area contributed by atoms with Crippen LogP contribution in [0.1, 0.15) is 32.6 Å². The van der Waals surface area contributed by atoms with Gasteiger partial charge >= 0.3 is 0 Å². The molecule has 90 valence electrons. The summed E-state index contributed by atoms with van der Waals surface area (Å²) in [5, 5.41) is 0. The van der Waals surface area contributed by atoms with Crippen LogP contribution in [0.4, 0.5) is 0 Å². The zero-order valence-corrected chi connectivity index (χ0v) is 10.0. The van der Waals surface area contributed by atoms with Gasteiger partial charge in [0.05, 0.1) is 0 Å². The molecule has 0 spiro atoms. The summed E-state index contributed by atoms with van der Waals surface area (Å²) in [5.74, 6) is 1.50. The Morgan fingerprint density at radius 1 is 1.12 bits per heavy atom. The van der Waals surface area contributed by atoms with Crippen molar-refractivity contribution in [3.05, 3.63) is 24.8 Å². The highest BCUT2D eigenvalue weighted by Gasteiger charge is 2.20. The minimum absolute atomic E-state index is 0.307. The number of aromatic nitrogens is 3. The fourth-order valence-corrected chi connectivity index (χ4v) is 2.42. The third kappa shape index (κ3) is 2.12. The van der Waals surface area contributed by atoms with Gasteiger partial charge in [0.2, 0.25) is 0 Å². The second kappa shape index (κ2) is 4.35. The van der Waals surface area contributed by atoms with E-state index in [1.54, 1.807) is 12.4 Å². The van der Waals surface area contributed by atoms with Crippen LogP contribution in [0.5, 0.6) is 5.88 Å². The van der Waals surface area contributed by atoms with Crippen molar-refractivity contribution in [1.82, 2.24) is 14.4 Å². The SMILES string of the molecule is CC1CCC(Oc2nccn3ccnc23)CC1. The molecule has 0 aromatic carbocycles. The molecule has 1 aliphatic carbocycles. The monoisotopic (exact) mass is 231 g/mol. The van der Waals surface area contributed by atoms with Crippen molar-refractivity contribution in [1.29, 1.82) is 0 Å². The first kappa shape index (κ1) is 10.6. The van der Waals surface area contributed by atoms with E-state index in [1.807, 2.05) is 16.8 Å². The highest BCUT2D eigenvalue weighted by molar-refractivity contribution is 5.48. The average Bonchev–Trinajstić information content (AvgIpc) is 2.81. The van der Waals surface area contributed by atoms with Crippen molar-refractivity contribution in [3.8, 4) is 5.88 Å². The number of fused-ring (bicyclic) bond motifs is 1. The van der Waals surface area contributed by atoms with Crippen LogP contribution in [-0.4, -0.2) is 20.5 Å². The van der Waals surface area contributed by atoms with E-state index in [0.29, 0.717) is 12.0 Å². The van der Waals surface area contributed by atoms with Gasteiger partial charge < -0.3 is 9.14 Å². The Morgan fingerprint density at radius 3 is 2.59 bits per heavy atom. The summed E-state index contributed by atoms with van der Waals surface area (Å²) >= 11 is 0. The molecule has 2 aromatic heterocycles. The molecule has 0 amide bonds. The van der Waals surface area contributed by atoms with Gasteiger partial charge in [-0.1, -0.05) is 6.92 Å². The summed E-state index contributed by atoms with van der Waals surface area (Å²) in [7, 11) is 0. The third-order valence-corrected chi connectivity index (χ3v) is 3.52. The van der Waals surface area contributed by atoms with Crippen molar-refractivity contribution >= 4 is 5.65 Å². The van der Waals surface area contributed by atoms with Crippen molar-refractivity contribution in [2.45, 2.75) is 38.7 Å². The molecule has 0 bridgehead atoms. The molecule has 1 saturated carbocycles. The summed E-state index contributed by atoms with van der Waals surface area (Å²) in [4.78, 5) is 8.56. The van der Waals surface area contributed by atoms with E-state index >= 15 is 0 Å². The van der Waals surface area contributed by atoms with Crippen LogP contribution >= 0.6 is 0 Å². The third-order valence-electron chi connectivity index (χ3n) is 3.52. The normalized spacial score (nSPS) is 25.0. The van der Waals surface area contributed by atoms with Gasteiger partial charge in [-0.15, -0.1) is 0 Å². The van der Waals surface area contributed by atoms with Crippen molar-refractivity contribution in [3.63, 3.8) is 0 Å². The smallest absolute Gasteiger partial charge is 0.258 e. The number of nitrogens with zero attached hydrogens (tertiary/aromatic N) is 3. The van der Waals surface area contributed by atoms with E-state index in [0.717, 1.165) is 24.4 Å². The quantitative estimate of drug-likeness (QED) is 0.797. The second-order valence-electron chi connectivity index (χ2n) is 4.89. The molecule has 2 aromatic rings. The van der Waals surface area contributed by atoms with Gasteiger partial charge in [0.15, 0.2) is 5.65 Å². The molecule has 4 heteroatoms. The van der Waals surface area contributed by atoms with E-state index in [2.05, 4.69) is 16.9 Å². The Balaban J connectivity index is 1.78. The number of hydrogen-bond donors (Lipinski definition) is 0. The van der Waals surface area contributed by atoms with Crippen LogP contribution in [0.2, 0.25) is 0 Å². The Labute approximate surface area is 101 Å². The number of rotatable bonds is 2. The molecule has 0 aliphatic heterocycles. The first-order valence-corrected chi connectivity index (χ1v) is 6.27. The molecule has 1 fully saturated rings. The molecule has 2 heterocycles. The van der Waals surface area contributed by atoms with Crippen molar-refractivity contribution in [2.24, 2.45) is 5.92 Å². The zero-order valence-electron chi connectivity index (χ0n) is 10.0. The molecule has 3 rings (SSSR count). The van der Waals surface area contributed by atoms with E-state index < -0.39 is 0 Å². The lowest BCUT2D eigenvalue weighted by Crippen LogP contribution is -2.23. The topological polar surface area (TPSA) is 39.4 Å². The predicted molar refractivity (Wildman–Crippen MR) is 65.0 cm³/mol. The molecule has 17 heavy (non-hydrogen) atoms. The number of imidazole rings is 1. The van der Waals surface area contributed by atoms with Crippen LogP contribution in [0, 0.1) is 5.92 Å². The van der Waals surface area contributed by atoms with Gasteiger partial charge in [-0.25, -0.2) is 9.97 Å². The molecule has 4 nitrogen and oxygen atoms in total. The van der Waals surface area contributed by atoms with E-state index in [1.165, 1.54) is 12.8 Å². The molecule has 0 N–H and O–H groups in total. The maximum Gasteiger partial charge on any atom is 0.258 e. The maximum absolute atomic E-state index is 5.98. The van der Waals surface area contributed by atoms with Gasteiger partial charge in [0.25, 0.3) is 5.88 Å². The van der Waals surface area contributed by atoms with Crippen molar-refractivity contribution in [2.75, 3.05) is 0 Å². The molecule has 0 atom stereocenters. The summed E-state index contributed by atoms with van der Waals surface area (Å²) in [6.07, 6.45) is 12.4. The first-order valence-electron chi connectivity index (χ1n) is 6.27. The van der Waals surface area contributed by atoms with E-state index in [9.17, 15) is 0 Å². The van der Waals surface area contributed by atoms with Gasteiger partial charge in [0, 0.05) is 24.8 Å². The standard InChI is InChI=1S/C13H17N3O/c1-10-2-4-11(5-3-10)17-13-12-14-6-8-16(12)9-7-15-13/h6-11H,2-5H2,1H3. The highest BCUT2D eigenvalue weighted by atomic mass is 16.5. The summed E-state index contributed by atoms with van der Waals surface area (Å²) in [5.41, 5.74) is 0.811. The van der Waals surface area contributed by atoms with Gasteiger partial charge in [-0.2, -0.15) is 0 Å². The van der Waals surface area contributed by atoms with Gasteiger partial charge in [-0.05, 0) is 31.6 Å². The van der Waals surface area contributed by atoms with Crippen LogP contribution in [0.3, 0.4) is 0 Å². The lowest BCUT2D eigenvalue weighted by atomic mass is 9.89. The average molecular weight is 231 g/mol. The van der Waals surface area contributed by atoms with Crippen LogP contribution in [-0.2, 0) is 0 Å². The fraction of sp³-hybridized carbons (Fsp3) is 0.538. The Bertz CT molecular complexity index is 500. The van der Waals surface area contributed by atoms with Gasteiger partial charge in [-0.3, -0.25) is 0 Å². The molecule has 0 saturated heterocycles. The van der Waals surface area contributed by atoms with Crippen LogP contribution in [0.15, 0.2) is 24.8 Å². The lowest BCUT2D eigenvalue weighted by molar-refractivity contribution is 0.131. The van der Waals surface area contributed by atoms with Crippen LogP contribution < -0.4 is 4.74 Å². The largest absolute Gasteiger partial charge is 0.472 e. The van der Waals surface area contributed by atoms with Gasteiger partial charge in [0.1, 0.15) is 6.10 Å². The maximum atomic E-state index is 5.98. The summed E-state index contributed by atoms with van der Waals surface area (Å²) in [6, 6.07) is 0. The van der Waals surface area contributed by atoms with Crippen LogP contribution in [0.25, 0.3) is 5.65 Å². The van der Waals surface area contributed by atoms with Crippen molar-refractivity contribution < 1.29 is 4.74 Å². The van der Waals surface area contributed by atoms with E-state index in [-0.39, 0.29) is 0 Å². The second-order valence-corrected chi connectivity index (χ2v) is 4.89. The molecular formula is C13H17N3O. The Kier molecular flexibility index (Phi) is 2.71. The highest BCUT2D eigenvalue weighted by Crippen LogP contribution is 2.27. The molecular weight excluding hydrogens is 214 g/mol. The number of hydrogen-bond acceptors (Lipinski definition) is 3. The first-order chi connectivity index (χ1) is 8.33. The number of ether oxygens (including phenoxy) is 1. The summed E-state index contributed by atoms with van der Waals surface area (Å²) in [6.45, 7) is 2.31. The lowest BCUT2D eigenvalue weighted by Gasteiger charge is -2.26.